The zero-order valence-electron chi connectivity index (χ0n) is 24.2. The Labute approximate surface area is 242 Å². The molecule has 8 heteroatoms. The Balaban J connectivity index is 1.75. The highest BCUT2D eigenvalue weighted by molar-refractivity contribution is 7.09. The molecule has 0 aliphatic carbocycles. The summed E-state index contributed by atoms with van der Waals surface area (Å²) in [6.07, 6.45) is 4.55. The highest BCUT2D eigenvalue weighted by Crippen LogP contribution is 2.28. The molecule has 0 radical (unpaired) electrons. The van der Waals surface area contributed by atoms with Crippen LogP contribution < -0.4 is 9.47 Å². The van der Waals surface area contributed by atoms with Crippen LogP contribution in [0, 0.1) is 0 Å². The van der Waals surface area contributed by atoms with Crippen LogP contribution in [0.1, 0.15) is 52.5 Å². The second-order valence-electron chi connectivity index (χ2n) is 9.71. The maximum Gasteiger partial charge on any atom is 0.254 e. The van der Waals surface area contributed by atoms with Gasteiger partial charge in [0.15, 0.2) is 11.5 Å². The molecule has 0 unspecified atom stereocenters. The molecular weight excluding hydrogens is 524 g/mol. The summed E-state index contributed by atoms with van der Waals surface area (Å²) in [7, 11) is 4.87. The fourth-order valence-electron chi connectivity index (χ4n) is 4.48. The molecule has 0 aliphatic rings. The first kappa shape index (κ1) is 31.2. The number of rotatable bonds is 17. The number of hydrogen-bond donors (Lipinski definition) is 0. The van der Waals surface area contributed by atoms with Gasteiger partial charge in [-0.25, -0.2) is 0 Å². The summed E-state index contributed by atoms with van der Waals surface area (Å²) < 4.78 is 16.0. The summed E-state index contributed by atoms with van der Waals surface area (Å²) in [5.74, 6) is 1.11. The van der Waals surface area contributed by atoms with Crippen molar-refractivity contribution in [3.8, 4) is 11.5 Å². The van der Waals surface area contributed by atoms with Gasteiger partial charge < -0.3 is 24.0 Å². The summed E-state index contributed by atoms with van der Waals surface area (Å²) in [5, 5.41) is 2.01. The van der Waals surface area contributed by atoms with Crippen molar-refractivity contribution in [2.75, 3.05) is 47.6 Å². The Hall–Kier alpha value is -3.36. The number of carbonyl (C=O) groups is 2. The van der Waals surface area contributed by atoms with E-state index in [4.69, 9.17) is 14.2 Å². The Morgan fingerprint density at radius 1 is 0.825 bits per heavy atom. The van der Waals surface area contributed by atoms with Gasteiger partial charge in [-0.3, -0.25) is 9.59 Å². The normalized spacial score (nSPS) is 10.8. The lowest BCUT2D eigenvalue weighted by Crippen LogP contribution is -2.44. The number of nitrogens with zero attached hydrogens (tertiary/aromatic N) is 2. The largest absolute Gasteiger partial charge is 0.493 e. The van der Waals surface area contributed by atoms with E-state index in [0.717, 1.165) is 29.7 Å². The molecule has 0 saturated heterocycles. The minimum Gasteiger partial charge on any atom is -0.493 e. The third-order valence-corrected chi connectivity index (χ3v) is 7.67. The van der Waals surface area contributed by atoms with Gasteiger partial charge in [-0.1, -0.05) is 37.6 Å². The fraction of sp³-hybridized carbons (Fsp3) is 0.438. The molecule has 0 aliphatic heterocycles. The number of unbranched alkanes of at least 4 members (excludes halogenated alkanes) is 1. The molecule has 0 fully saturated rings. The van der Waals surface area contributed by atoms with Crippen molar-refractivity contribution in [1.82, 2.24) is 9.80 Å². The van der Waals surface area contributed by atoms with Crippen LogP contribution in [0.25, 0.3) is 0 Å². The maximum absolute atomic E-state index is 13.7. The van der Waals surface area contributed by atoms with E-state index in [1.165, 1.54) is 5.56 Å². The molecule has 1 aromatic heterocycles. The lowest BCUT2D eigenvalue weighted by Gasteiger charge is -2.28. The number of hydrogen-bond acceptors (Lipinski definition) is 6. The van der Waals surface area contributed by atoms with Gasteiger partial charge in [0.2, 0.25) is 5.91 Å². The van der Waals surface area contributed by atoms with Crippen LogP contribution in [-0.2, 0) is 28.9 Å². The lowest BCUT2D eigenvalue weighted by molar-refractivity contribution is -0.132. The third kappa shape index (κ3) is 9.38. The topological polar surface area (TPSA) is 68.3 Å². The molecule has 3 rings (SSSR count). The summed E-state index contributed by atoms with van der Waals surface area (Å²) in [4.78, 5) is 31.9. The van der Waals surface area contributed by atoms with Crippen LogP contribution in [0.3, 0.4) is 0 Å². The van der Waals surface area contributed by atoms with Gasteiger partial charge in [-0.05, 0) is 72.5 Å². The van der Waals surface area contributed by atoms with E-state index in [-0.39, 0.29) is 18.4 Å². The van der Waals surface area contributed by atoms with Gasteiger partial charge in [0.25, 0.3) is 5.91 Å². The second-order valence-corrected chi connectivity index (χ2v) is 10.7. The van der Waals surface area contributed by atoms with E-state index in [1.54, 1.807) is 37.6 Å². The van der Waals surface area contributed by atoms with Gasteiger partial charge in [-0.2, -0.15) is 0 Å². The van der Waals surface area contributed by atoms with E-state index < -0.39 is 0 Å². The number of amides is 2. The Bertz CT molecular complexity index is 1180. The highest BCUT2D eigenvalue weighted by atomic mass is 32.1. The number of ether oxygens (including phenoxy) is 3. The van der Waals surface area contributed by atoms with Crippen LogP contribution in [0.5, 0.6) is 11.5 Å². The Kier molecular flexibility index (Phi) is 13.0. The molecule has 7 nitrogen and oxygen atoms in total. The van der Waals surface area contributed by atoms with Crippen LogP contribution in [0.15, 0.2) is 60.0 Å². The predicted octanol–water partition coefficient (Wildman–Crippen LogP) is 5.86. The van der Waals surface area contributed by atoms with E-state index in [1.807, 2.05) is 64.9 Å². The quantitative estimate of drug-likeness (QED) is 0.192. The van der Waals surface area contributed by atoms with Gasteiger partial charge in [-0.15, -0.1) is 11.3 Å². The molecule has 0 bridgehead atoms. The average Bonchev–Trinajstić information content (AvgIpc) is 3.50. The Morgan fingerprint density at radius 3 is 2.23 bits per heavy atom. The van der Waals surface area contributed by atoms with Crippen LogP contribution in [0.4, 0.5) is 0 Å². The summed E-state index contributed by atoms with van der Waals surface area (Å²) >= 11 is 1.62. The molecule has 40 heavy (non-hydrogen) atoms. The van der Waals surface area contributed by atoms with Crippen molar-refractivity contribution in [2.45, 2.75) is 45.6 Å². The van der Waals surface area contributed by atoms with E-state index in [9.17, 15) is 9.59 Å². The summed E-state index contributed by atoms with van der Waals surface area (Å²) in [6.45, 7) is 4.15. The van der Waals surface area contributed by atoms with Crippen LogP contribution >= 0.6 is 11.3 Å². The molecule has 0 saturated carbocycles. The van der Waals surface area contributed by atoms with Crippen LogP contribution in [-0.4, -0.2) is 69.2 Å². The minimum absolute atomic E-state index is 0.0114. The summed E-state index contributed by atoms with van der Waals surface area (Å²) in [5.41, 5.74) is 2.86. The van der Waals surface area contributed by atoms with Crippen molar-refractivity contribution in [2.24, 2.45) is 0 Å². The fourth-order valence-corrected chi connectivity index (χ4v) is 5.20. The number of methoxy groups -OCH3 is 3. The molecule has 216 valence electrons. The molecule has 0 atom stereocenters. The number of thiophene rings is 1. The van der Waals surface area contributed by atoms with E-state index >= 15 is 0 Å². The first-order chi connectivity index (χ1) is 19.5. The van der Waals surface area contributed by atoms with Crippen molar-refractivity contribution in [1.29, 1.82) is 0 Å². The summed E-state index contributed by atoms with van der Waals surface area (Å²) in [6, 6.07) is 17.6. The lowest BCUT2D eigenvalue weighted by atomic mass is 10.1. The number of carbonyl (C=O) groups excluding carboxylic acids is 2. The zero-order chi connectivity index (χ0) is 28.7. The third-order valence-electron chi connectivity index (χ3n) is 6.81. The molecule has 1 heterocycles. The van der Waals surface area contributed by atoms with Crippen molar-refractivity contribution in [3.63, 3.8) is 0 Å². The number of aryl methyl sites for hydroxylation is 1. The highest BCUT2D eigenvalue weighted by Gasteiger charge is 2.23. The van der Waals surface area contributed by atoms with Crippen LogP contribution in [0.2, 0.25) is 0 Å². The number of benzene rings is 2. The SMILES string of the molecule is CCCCc1ccc(C(=O)N(CCCOC)CC(=O)N(CCc2ccc(OC)c(OC)c2)Cc2cccs2)cc1. The molecule has 0 N–H and O–H groups in total. The van der Waals surface area contributed by atoms with Gasteiger partial charge in [0, 0.05) is 37.2 Å². The van der Waals surface area contributed by atoms with Gasteiger partial charge >= 0.3 is 0 Å². The maximum atomic E-state index is 13.7. The molecule has 3 aromatic rings. The average molecular weight is 567 g/mol. The minimum atomic E-state index is -0.137. The monoisotopic (exact) mass is 566 g/mol. The van der Waals surface area contributed by atoms with Gasteiger partial charge in [0.05, 0.1) is 20.8 Å². The predicted molar refractivity (Wildman–Crippen MR) is 160 cm³/mol. The zero-order valence-corrected chi connectivity index (χ0v) is 25.0. The standard InChI is InChI=1S/C32H42N2O5S/c1-5-6-9-25-11-14-27(15-12-25)32(36)34(18-8-20-37-2)24-31(35)33(23-28-10-7-21-40-28)19-17-26-13-16-29(38-3)30(22-26)39-4/h7,10-16,21-22H,5-6,8-9,17-20,23-24H2,1-4H3. The second kappa shape index (κ2) is 16.7. The Morgan fingerprint density at radius 2 is 1.57 bits per heavy atom. The molecule has 2 aromatic carbocycles. The molecular formula is C32H42N2O5S. The van der Waals surface area contributed by atoms with E-state index in [2.05, 4.69) is 6.92 Å². The molecule has 0 spiro atoms. The van der Waals surface area contributed by atoms with Gasteiger partial charge in [0.1, 0.15) is 6.54 Å². The first-order valence-corrected chi connectivity index (χ1v) is 14.7. The smallest absolute Gasteiger partial charge is 0.254 e. The van der Waals surface area contributed by atoms with Crippen molar-refractivity contribution in [3.05, 3.63) is 81.5 Å². The van der Waals surface area contributed by atoms with Crippen molar-refractivity contribution >= 4 is 23.2 Å². The van der Waals surface area contributed by atoms with Crippen molar-refractivity contribution < 1.29 is 23.8 Å². The first-order valence-electron chi connectivity index (χ1n) is 13.9. The molecule has 2 amide bonds. The van der Waals surface area contributed by atoms with E-state index in [0.29, 0.717) is 56.1 Å².